The van der Waals surface area contributed by atoms with Crippen LogP contribution in [0.3, 0.4) is 0 Å². The Hall–Kier alpha value is -2.63. The number of carboxylic acid groups (broad SMARTS) is 1. The predicted octanol–water partition coefficient (Wildman–Crippen LogP) is 2.22. The van der Waals surface area contributed by atoms with Crippen molar-refractivity contribution in [2.75, 3.05) is 13.1 Å². The first-order valence-electron chi connectivity index (χ1n) is 8.20. The first kappa shape index (κ1) is 16.2. The van der Waals surface area contributed by atoms with E-state index in [1.54, 1.807) is 6.92 Å². The van der Waals surface area contributed by atoms with Crippen LogP contribution in [-0.4, -0.2) is 44.8 Å². The molecule has 6 nitrogen and oxygen atoms in total. The fourth-order valence-electron chi connectivity index (χ4n) is 3.15. The quantitative estimate of drug-likeness (QED) is 0.913. The van der Waals surface area contributed by atoms with Gasteiger partial charge in [0, 0.05) is 17.8 Å². The number of carboxylic acids is 1. The van der Waals surface area contributed by atoms with Crippen molar-refractivity contribution in [3.63, 3.8) is 0 Å². The monoisotopic (exact) mass is 327 g/mol. The van der Waals surface area contributed by atoms with E-state index in [-0.39, 0.29) is 12.5 Å². The van der Waals surface area contributed by atoms with Crippen molar-refractivity contribution in [3.8, 4) is 5.69 Å². The predicted molar refractivity (Wildman–Crippen MR) is 89.5 cm³/mol. The number of benzene rings is 1. The molecule has 0 bridgehead atoms. The minimum atomic E-state index is -1.01. The minimum Gasteiger partial charge on any atom is -0.480 e. The molecule has 0 radical (unpaired) electrons. The molecule has 1 amide bonds. The molecule has 3 rings (SSSR count). The number of fused-ring (bicyclic) bond motifs is 1. The first-order chi connectivity index (χ1) is 11.5. The number of carbonyl (C=O) groups excluding carboxylic acids is 1. The third-order valence-electron chi connectivity index (χ3n) is 4.41. The molecule has 0 aliphatic heterocycles. The van der Waals surface area contributed by atoms with Gasteiger partial charge in [-0.2, -0.15) is 5.10 Å². The number of nitrogens with zero attached hydrogens (tertiary/aromatic N) is 3. The summed E-state index contributed by atoms with van der Waals surface area (Å²) in [6, 6.07) is 8.01. The van der Waals surface area contributed by atoms with Gasteiger partial charge in [-0.15, -0.1) is 0 Å². The topological polar surface area (TPSA) is 75.4 Å². The fraction of sp³-hybridized carbons (Fsp3) is 0.389. The summed E-state index contributed by atoms with van der Waals surface area (Å²) in [7, 11) is 0. The van der Waals surface area contributed by atoms with Gasteiger partial charge in [-0.1, -0.05) is 17.7 Å². The van der Waals surface area contributed by atoms with E-state index in [4.69, 9.17) is 5.11 Å². The third-order valence-corrected chi connectivity index (χ3v) is 4.41. The molecule has 1 N–H and O–H groups in total. The Morgan fingerprint density at radius 2 is 1.96 bits per heavy atom. The number of aromatic nitrogens is 2. The maximum Gasteiger partial charge on any atom is 0.323 e. The van der Waals surface area contributed by atoms with Crippen LogP contribution in [0.1, 0.15) is 40.7 Å². The van der Waals surface area contributed by atoms with Gasteiger partial charge in [0.15, 0.2) is 5.69 Å². The maximum absolute atomic E-state index is 12.8. The Balaban J connectivity index is 2.01. The van der Waals surface area contributed by atoms with Gasteiger partial charge in [0.1, 0.15) is 6.54 Å². The highest BCUT2D eigenvalue weighted by molar-refractivity contribution is 5.96. The number of rotatable bonds is 5. The molecule has 0 saturated carbocycles. The van der Waals surface area contributed by atoms with Gasteiger partial charge in [-0.05, 0) is 45.2 Å². The van der Waals surface area contributed by atoms with Crippen molar-refractivity contribution in [2.45, 2.75) is 33.1 Å². The molecular weight excluding hydrogens is 306 g/mol. The summed E-state index contributed by atoms with van der Waals surface area (Å²) in [4.78, 5) is 25.1. The van der Waals surface area contributed by atoms with Crippen LogP contribution >= 0.6 is 0 Å². The first-order valence-corrected chi connectivity index (χ1v) is 8.20. The zero-order valence-corrected chi connectivity index (χ0v) is 14.0. The highest BCUT2D eigenvalue weighted by Gasteiger charge is 2.29. The van der Waals surface area contributed by atoms with Crippen LogP contribution in [0.5, 0.6) is 0 Å². The third kappa shape index (κ3) is 2.91. The van der Waals surface area contributed by atoms with Crippen molar-refractivity contribution in [2.24, 2.45) is 0 Å². The zero-order chi connectivity index (χ0) is 17.3. The van der Waals surface area contributed by atoms with Gasteiger partial charge in [0.2, 0.25) is 0 Å². The van der Waals surface area contributed by atoms with E-state index in [9.17, 15) is 9.59 Å². The van der Waals surface area contributed by atoms with E-state index >= 15 is 0 Å². The summed E-state index contributed by atoms with van der Waals surface area (Å²) in [5, 5.41) is 13.5. The number of amides is 1. The lowest BCUT2D eigenvalue weighted by atomic mass is 10.2. The highest BCUT2D eigenvalue weighted by Crippen LogP contribution is 2.28. The van der Waals surface area contributed by atoms with Crippen molar-refractivity contribution < 1.29 is 14.7 Å². The summed E-state index contributed by atoms with van der Waals surface area (Å²) >= 11 is 0. The summed E-state index contributed by atoms with van der Waals surface area (Å²) < 4.78 is 1.84. The fourth-order valence-corrected chi connectivity index (χ4v) is 3.15. The van der Waals surface area contributed by atoms with Crippen molar-refractivity contribution >= 4 is 11.9 Å². The molecular formula is C18H21N3O3. The molecule has 0 atom stereocenters. The van der Waals surface area contributed by atoms with E-state index in [0.717, 1.165) is 41.8 Å². The van der Waals surface area contributed by atoms with Crippen LogP contribution in [0.2, 0.25) is 0 Å². The Morgan fingerprint density at radius 3 is 2.58 bits per heavy atom. The largest absolute Gasteiger partial charge is 0.480 e. The Kier molecular flexibility index (Phi) is 4.38. The molecule has 6 heteroatoms. The Bertz CT molecular complexity index is 778. The molecule has 24 heavy (non-hydrogen) atoms. The van der Waals surface area contributed by atoms with Crippen LogP contribution in [0.4, 0.5) is 0 Å². The molecule has 1 aromatic heterocycles. The molecule has 1 aromatic carbocycles. The highest BCUT2D eigenvalue weighted by atomic mass is 16.4. The Labute approximate surface area is 140 Å². The lowest BCUT2D eigenvalue weighted by molar-refractivity contribution is -0.137. The standard InChI is InChI=1S/C18H21N3O3/c1-3-20(11-16(22)23)18(24)17-14-5-4-6-15(14)21(19-17)13-9-7-12(2)8-10-13/h7-10H,3-6,11H2,1-2H3,(H,22,23). The number of likely N-dealkylation sites (N-methyl/N-ethyl adjacent to an activating group) is 1. The maximum atomic E-state index is 12.8. The number of aliphatic carboxylic acids is 1. The molecule has 2 aromatic rings. The second-order valence-corrected chi connectivity index (χ2v) is 6.09. The summed E-state index contributed by atoms with van der Waals surface area (Å²) in [5.41, 5.74) is 4.51. The van der Waals surface area contributed by atoms with Gasteiger partial charge in [0.25, 0.3) is 5.91 Å². The van der Waals surface area contributed by atoms with Crippen LogP contribution < -0.4 is 0 Å². The molecule has 1 heterocycles. The SMILES string of the molecule is CCN(CC(=O)O)C(=O)c1nn(-c2ccc(C)cc2)c2c1CCC2. The number of aryl methyl sites for hydroxylation is 1. The van der Waals surface area contributed by atoms with E-state index < -0.39 is 5.97 Å². The average molecular weight is 327 g/mol. The van der Waals surface area contributed by atoms with E-state index in [0.29, 0.717) is 12.2 Å². The Morgan fingerprint density at radius 1 is 1.25 bits per heavy atom. The zero-order valence-electron chi connectivity index (χ0n) is 14.0. The summed E-state index contributed by atoms with van der Waals surface area (Å²) in [6.45, 7) is 3.84. The molecule has 0 fully saturated rings. The molecule has 0 unspecified atom stereocenters. The van der Waals surface area contributed by atoms with E-state index in [1.165, 1.54) is 4.90 Å². The number of carbonyl (C=O) groups is 2. The molecule has 0 saturated heterocycles. The van der Waals surface area contributed by atoms with Crippen molar-refractivity contribution in [1.29, 1.82) is 0 Å². The van der Waals surface area contributed by atoms with Gasteiger partial charge in [0.05, 0.1) is 5.69 Å². The minimum absolute atomic E-state index is 0.302. The van der Waals surface area contributed by atoms with Crippen LogP contribution in [0.25, 0.3) is 5.69 Å². The van der Waals surface area contributed by atoms with E-state index in [2.05, 4.69) is 5.10 Å². The van der Waals surface area contributed by atoms with Crippen molar-refractivity contribution in [3.05, 3.63) is 46.8 Å². The van der Waals surface area contributed by atoms with Gasteiger partial charge >= 0.3 is 5.97 Å². The van der Waals surface area contributed by atoms with Gasteiger partial charge in [-0.25, -0.2) is 4.68 Å². The molecule has 1 aliphatic carbocycles. The molecule has 126 valence electrons. The summed E-state index contributed by atoms with van der Waals surface area (Å²) in [6.07, 6.45) is 2.69. The van der Waals surface area contributed by atoms with Crippen LogP contribution in [0, 0.1) is 6.92 Å². The average Bonchev–Trinajstić information content (AvgIpc) is 3.15. The number of hydrogen-bond acceptors (Lipinski definition) is 3. The normalized spacial score (nSPS) is 12.9. The van der Waals surface area contributed by atoms with Crippen LogP contribution in [0.15, 0.2) is 24.3 Å². The lowest BCUT2D eigenvalue weighted by Crippen LogP contribution is -2.36. The molecule has 0 spiro atoms. The van der Waals surface area contributed by atoms with Gasteiger partial charge in [-0.3, -0.25) is 9.59 Å². The smallest absolute Gasteiger partial charge is 0.323 e. The van der Waals surface area contributed by atoms with Crippen LogP contribution in [-0.2, 0) is 17.6 Å². The van der Waals surface area contributed by atoms with Crippen molar-refractivity contribution in [1.82, 2.24) is 14.7 Å². The van der Waals surface area contributed by atoms with Gasteiger partial charge < -0.3 is 10.0 Å². The van der Waals surface area contributed by atoms with E-state index in [1.807, 2.05) is 35.9 Å². The second kappa shape index (κ2) is 6.47. The second-order valence-electron chi connectivity index (χ2n) is 6.09. The lowest BCUT2D eigenvalue weighted by Gasteiger charge is -2.17. The molecule has 1 aliphatic rings. The summed E-state index contributed by atoms with van der Waals surface area (Å²) in [5.74, 6) is -1.32. The number of hydrogen-bond donors (Lipinski definition) is 1.